The van der Waals surface area contributed by atoms with Crippen molar-refractivity contribution in [3.63, 3.8) is 0 Å². The number of carbonyl (C=O) groups excluding carboxylic acids is 1. The van der Waals surface area contributed by atoms with Crippen LogP contribution in [0.25, 0.3) is 27.9 Å². The summed E-state index contributed by atoms with van der Waals surface area (Å²) in [7, 11) is 0. The van der Waals surface area contributed by atoms with Crippen LogP contribution in [0.1, 0.15) is 29.9 Å². The summed E-state index contributed by atoms with van der Waals surface area (Å²) in [5.41, 5.74) is 5.08. The summed E-state index contributed by atoms with van der Waals surface area (Å²) in [5.74, 6) is 0.772. The van der Waals surface area contributed by atoms with Gasteiger partial charge in [0.05, 0.1) is 11.2 Å². The predicted octanol–water partition coefficient (Wildman–Crippen LogP) is 4.29. The van der Waals surface area contributed by atoms with Crippen LogP contribution in [0, 0.1) is 0 Å². The van der Waals surface area contributed by atoms with Crippen molar-refractivity contribution < 1.29 is 4.79 Å². The highest BCUT2D eigenvalue weighted by molar-refractivity contribution is 6.23. The molecule has 4 rings (SSSR count). The molecule has 1 aromatic heterocycles. The van der Waals surface area contributed by atoms with Gasteiger partial charge in [0, 0.05) is 22.1 Å². The fraction of sp³-hybridized carbons (Fsp3) is 0.105. The molecule has 22 heavy (non-hydrogen) atoms. The normalized spacial score (nSPS) is 13.8. The molecule has 0 amide bonds. The van der Waals surface area contributed by atoms with E-state index in [0.29, 0.717) is 11.4 Å². The minimum absolute atomic E-state index is 0.0756. The van der Waals surface area contributed by atoms with E-state index in [2.05, 4.69) is 4.98 Å². The predicted molar refractivity (Wildman–Crippen MR) is 87.6 cm³/mol. The Morgan fingerprint density at radius 2 is 1.59 bits per heavy atom. The molecular formula is C19H14N2O. The van der Waals surface area contributed by atoms with E-state index >= 15 is 0 Å². The minimum Gasteiger partial charge on any atom is -0.289 e. The third kappa shape index (κ3) is 1.72. The molecule has 0 radical (unpaired) electrons. The number of carbonyl (C=O) groups is 1. The summed E-state index contributed by atoms with van der Waals surface area (Å²) in [5, 5.41) is 0.871. The van der Waals surface area contributed by atoms with Crippen molar-refractivity contribution in [1.29, 1.82) is 0 Å². The zero-order chi connectivity index (χ0) is 15.3. The Morgan fingerprint density at radius 1 is 0.818 bits per heavy atom. The van der Waals surface area contributed by atoms with Crippen LogP contribution < -0.4 is 0 Å². The molecule has 3 nitrogen and oxygen atoms in total. The van der Waals surface area contributed by atoms with Gasteiger partial charge in [-0.3, -0.25) is 4.79 Å². The number of Topliss-reactive ketones (excluding diaryl/α,β-unsaturated/α-hetero) is 1. The maximum absolute atomic E-state index is 12.5. The van der Waals surface area contributed by atoms with E-state index in [1.54, 1.807) is 0 Å². The monoisotopic (exact) mass is 286 g/mol. The Morgan fingerprint density at radius 3 is 2.36 bits per heavy atom. The fourth-order valence-corrected chi connectivity index (χ4v) is 2.91. The second kappa shape index (κ2) is 4.60. The van der Waals surface area contributed by atoms with Crippen molar-refractivity contribution in [2.45, 2.75) is 13.8 Å². The first-order valence-electron chi connectivity index (χ1n) is 7.25. The molecule has 0 saturated heterocycles. The van der Waals surface area contributed by atoms with Crippen LogP contribution in [-0.4, -0.2) is 15.8 Å². The molecule has 1 aliphatic rings. The molecule has 3 aromatic rings. The second-order valence-electron chi connectivity index (χ2n) is 5.54. The third-order valence-electron chi connectivity index (χ3n) is 4.26. The van der Waals surface area contributed by atoms with E-state index in [-0.39, 0.29) is 5.78 Å². The summed E-state index contributed by atoms with van der Waals surface area (Å²) in [6.07, 6.45) is 0. The molecule has 0 N–H and O–H groups in total. The van der Waals surface area contributed by atoms with Crippen LogP contribution in [-0.2, 0) is 0 Å². The van der Waals surface area contributed by atoms with Crippen LogP contribution >= 0.6 is 0 Å². The highest BCUT2D eigenvalue weighted by Gasteiger charge is 2.25. The zero-order valence-corrected chi connectivity index (χ0v) is 12.4. The van der Waals surface area contributed by atoms with E-state index in [9.17, 15) is 4.79 Å². The maximum atomic E-state index is 12.5. The molecule has 106 valence electrons. The van der Waals surface area contributed by atoms with Crippen molar-refractivity contribution in [2.75, 3.05) is 0 Å². The van der Waals surface area contributed by atoms with Gasteiger partial charge in [0.15, 0.2) is 11.6 Å². The maximum Gasteiger partial charge on any atom is 0.189 e. The third-order valence-corrected chi connectivity index (χ3v) is 4.26. The summed E-state index contributed by atoms with van der Waals surface area (Å²) in [4.78, 5) is 21.9. The van der Waals surface area contributed by atoms with Crippen molar-refractivity contribution in [3.05, 3.63) is 65.4 Å². The largest absolute Gasteiger partial charge is 0.289 e. The van der Waals surface area contributed by atoms with Gasteiger partial charge in [-0.25, -0.2) is 9.97 Å². The van der Waals surface area contributed by atoms with Crippen LogP contribution in [0.15, 0.2) is 54.1 Å². The highest BCUT2D eigenvalue weighted by atomic mass is 16.1. The lowest BCUT2D eigenvalue weighted by Crippen LogP contribution is -2.12. The van der Waals surface area contributed by atoms with E-state index in [1.807, 2.05) is 62.4 Å². The number of hydrogen-bond acceptors (Lipinski definition) is 3. The molecule has 3 heteroatoms. The van der Waals surface area contributed by atoms with Crippen LogP contribution in [0.5, 0.6) is 0 Å². The van der Waals surface area contributed by atoms with Crippen molar-refractivity contribution >= 4 is 22.3 Å². The highest BCUT2D eigenvalue weighted by Crippen LogP contribution is 2.35. The summed E-state index contributed by atoms with van der Waals surface area (Å²) < 4.78 is 0. The van der Waals surface area contributed by atoms with Gasteiger partial charge in [0.2, 0.25) is 0 Å². The molecule has 0 aliphatic heterocycles. The van der Waals surface area contributed by atoms with Crippen LogP contribution in [0.2, 0.25) is 0 Å². The minimum atomic E-state index is 0.0756. The van der Waals surface area contributed by atoms with Gasteiger partial charge in [-0.05, 0) is 25.5 Å². The van der Waals surface area contributed by atoms with E-state index in [0.717, 1.165) is 33.3 Å². The molecule has 0 fully saturated rings. The number of rotatable bonds is 1. The lowest BCUT2D eigenvalue weighted by atomic mass is 9.88. The first kappa shape index (κ1) is 12.9. The molecule has 1 aliphatic carbocycles. The van der Waals surface area contributed by atoms with E-state index in [1.165, 1.54) is 0 Å². The smallest absolute Gasteiger partial charge is 0.189 e. The van der Waals surface area contributed by atoms with Gasteiger partial charge in [0.1, 0.15) is 0 Å². The molecule has 0 unspecified atom stereocenters. The second-order valence-corrected chi connectivity index (χ2v) is 5.54. The standard InChI is InChI=1S/C19H14N2O/c1-11-12(2)18(22)14-9-6-10-15-16(14)17(11)21-19(20-15)13-7-4-3-5-8-13/h3-10H,1-2H3. The number of allylic oxidation sites excluding steroid dienone is 2. The van der Waals surface area contributed by atoms with E-state index < -0.39 is 0 Å². The quantitative estimate of drug-likeness (QED) is 0.670. The lowest BCUT2D eigenvalue weighted by Gasteiger charge is -2.18. The Bertz CT molecular complexity index is 956. The van der Waals surface area contributed by atoms with Gasteiger partial charge in [-0.1, -0.05) is 42.5 Å². The summed E-state index contributed by atoms with van der Waals surface area (Å²) in [6, 6.07) is 15.6. The van der Waals surface area contributed by atoms with Gasteiger partial charge >= 0.3 is 0 Å². The van der Waals surface area contributed by atoms with Crippen molar-refractivity contribution in [1.82, 2.24) is 9.97 Å². The van der Waals surface area contributed by atoms with Gasteiger partial charge in [0.25, 0.3) is 0 Å². The molecule has 2 aromatic carbocycles. The zero-order valence-electron chi connectivity index (χ0n) is 12.4. The Hall–Kier alpha value is -2.81. The molecule has 1 heterocycles. The number of ketones is 1. The summed E-state index contributed by atoms with van der Waals surface area (Å²) >= 11 is 0. The topological polar surface area (TPSA) is 42.9 Å². The molecular weight excluding hydrogens is 272 g/mol. The SMILES string of the molecule is CC1=C(C)c2nc(-c3ccccc3)nc3cccc(c23)C1=O. The number of aromatic nitrogens is 2. The number of benzene rings is 2. The number of hydrogen-bond donors (Lipinski definition) is 0. The van der Waals surface area contributed by atoms with Gasteiger partial charge in [-0.15, -0.1) is 0 Å². The van der Waals surface area contributed by atoms with Crippen molar-refractivity contribution in [2.24, 2.45) is 0 Å². The van der Waals surface area contributed by atoms with Crippen LogP contribution in [0.3, 0.4) is 0 Å². The summed E-state index contributed by atoms with van der Waals surface area (Å²) in [6.45, 7) is 3.82. The Balaban J connectivity index is 2.11. The van der Waals surface area contributed by atoms with Crippen molar-refractivity contribution in [3.8, 4) is 11.4 Å². The van der Waals surface area contributed by atoms with Gasteiger partial charge in [-0.2, -0.15) is 0 Å². The molecule has 0 spiro atoms. The van der Waals surface area contributed by atoms with Crippen LogP contribution in [0.4, 0.5) is 0 Å². The molecule has 0 atom stereocenters. The fourth-order valence-electron chi connectivity index (χ4n) is 2.91. The first-order valence-corrected chi connectivity index (χ1v) is 7.25. The first-order chi connectivity index (χ1) is 10.7. The molecule has 0 bridgehead atoms. The average Bonchev–Trinajstić information content (AvgIpc) is 2.58. The molecule has 0 saturated carbocycles. The Kier molecular flexibility index (Phi) is 2.70. The average molecular weight is 286 g/mol. The Labute approximate surface area is 128 Å². The van der Waals surface area contributed by atoms with E-state index in [4.69, 9.17) is 4.98 Å². The van der Waals surface area contributed by atoms with Gasteiger partial charge < -0.3 is 0 Å². The number of nitrogens with zero attached hydrogens (tertiary/aromatic N) is 2. The lowest BCUT2D eigenvalue weighted by molar-refractivity contribution is 0.103.